The molecular formula is C14H23N3O3S. The molecule has 0 aliphatic carbocycles. The maximum Gasteiger partial charge on any atom is 0.323 e. The summed E-state index contributed by atoms with van der Waals surface area (Å²) in [5.74, 6) is -0.907. The second-order valence-electron chi connectivity index (χ2n) is 5.26. The van der Waals surface area contributed by atoms with Crippen molar-refractivity contribution in [2.24, 2.45) is 0 Å². The third kappa shape index (κ3) is 4.01. The maximum atomic E-state index is 11.5. The molecule has 1 aromatic rings. The molecule has 0 saturated carbocycles. The molecule has 0 bridgehead atoms. The van der Waals surface area contributed by atoms with Gasteiger partial charge in [-0.1, -0.05) is 6.92 Å². The van der Waals surface area contributed by atoms with E-state index < -0.39 is 11.5 Å². The SMILES string of the molecule is CCN(C(C)=O)c1nc(CN(CC)C(C)(C)C(=O)O)cs1. The van der Waals surface area contributed by atoms with Crippen molar-refractivity contribution in [1.29, 1.82) is 0 Å². The molecule has 6 nitrogen and oxygen atoms in total. The van der Waals surface area contributed by atoms with Gasteiger partial charge in [-0.3, -0.25) is 19.4 Å². The average molecular weight is 313 g/mol. The number of anilines is 1. The fraction of sp³-hybridized carbons (Fsp3) is 0.643. The number of carbonyl (C=O) groups is 2. The molecule has 0 saturated heterocycles. The van der Waals surface area contributed by atoms with Crippen LogP contribution in [-0.2, 0) is 16.1 Å². The van der Waals surface area contributed by atoms with Gasteiger partial charge in [0.25, 0.3) is 0 Å². The van der Waals surface area contributed by atoms with Crippen LogP contribution in [-0.4, -0.2) is 45.5 Å². The zero-order chi connectivity index (χ0) is 16.2. The van der Waals surface area contributed by atoms with E-state index in [-0.39, 0.29) is 5.91 Å². The number of hydrogen-bond acceptors (Lipinski definition) is 5. The van der Waals surface area contributed by atoms with Crippen LogP contribution in [0.25, 0.3) is 0 Å². The molecule has 0 fully saturated rings. The number of aliphatic carboxylic acids is 1. The maximum absolute atomic E-state index is 11.5. The Hall–Kier alpha value is -1.47. The molecule has 1 aromatic heterocycles. The molecule has 0 atom stereocenters. The average Bonchev–Trinajstić information content (AvgIpc) is 2.84. The molecule has 1 rings (SSSR count). The summed E-state index contributed by atoms with van der Waals surface area (Å²) in [6, 6.07) is 0. The number of thiazole rings is 1. The summed E-state index contributed by atoms with van der Waals surface area (Å²) in [5, 5.41) is 11.8. The molecule has 7 heteroatoms. The van der Waals surface area contributed by atoms with Crippen LogP contribution in [0.15, 0.2) is 5.38 Å². The van der Waals surface area contributed by atoms with E-state index in [0.717, 1.165) is 5.69 Å². The van der Waals surface area contributed by atoms with Gasteiger partial charge in [-0.15, -0.1) is 11.3 Å². The first-order valence-electron chi connectivity index (χ1n) is 6.94. The minimum atomic E-state index is -0.955. The summed E-state index contributed by atoms with van der Waals surface area (Å²) in [6.07, 6.45) is 0. The second kappa shape index (κ2) is 7.00. The molecule has 0 aliphatic heterocycles. The molecule has 1 amide bonds. The Labute approximate surface area is 129 Å². The van der Waals surface area contributed by atoms with E-state index >= 15 is 0 Å². The minimum absolute atomic E-state index is 0.0448. The van der Waals surface area contributed by atoms with Crippen LogP contribution in [0.2, 0.25) is 0 Å². The van der Waals surface area contributed by atoms with Gasteiger partial charge in [-0.05, 0) is 27.3 Å². The van der Waals surface area contributed by atoms with Gasteiger partial charge in [0.2, 0.25) is 5.91 Å². The van der Waals surface area contributed by atoms with Crippen LogP contribution < -0.4 is 4.90 Å². The van der Waals surface area contributed by atoms with Crippen molar-refractivity contribution in [2.45, 2.75) is 46.7 Å². The highest BCUT2D eigenvalue weighted by Crippen LogP contribution is 2.24. The van der Waals surface area contributed by atoms with E-state index in [4.69, 9.17) is 0 Å². The lowest BCUT2D eigenvalue weighted by molar-refractivity contribution is -0.149. The lowest BCUT2D eigenvalue weighted by atomic mass is 10.0. The number of likely N-dealkylation sites (N-methyl/N-ethyl adjacent to an activating group) is 1. The Balaban J connectivity index is 2.91. The van der Waals surface area contributed by atoms with E-state index in [2.05, 4.69) is 4.98 Å². The number of carboxylic acids is 1. The van der Waals surface area contributed by atoms with E-state index in [9.17, 15) is 14.7 Å². The van der Waals surface area contributed by atoms with Gasteiger partial charge in [-0.2, -0.15) is 0 Å². The summed E-state index contributed by atoms with van der Waals surface area (Å²) in [7, 11) is 0. The Kier molecular flexibility index (Phi) is 5.86. The van der Waals surface area contributed by atoms with Crippen LogP contribution >= 0.6 is 11.3 Å². The molecule has 1 N–H and O–H groups in total. The van der Waals surface area contributed by atoms with Gasteiger partial charge >= 0.3 is 5.97 Å². The van der Waals surface area contributed by atoms with Crippen LogP contribution in [0.5, 0.6) is 0 Å². The number of rotatable bonds is 7. The van der Waals surface area contributed by atoms with Gasteiger partial charge in [0.05, 0.1) is 5.69 Å². The number of hydrogen-bond donors (Lipinski definition) is 1. The molecule has 0 aromatic carbocycles. The monoisotopic (exact) mass is 313 g/mol. The molecule has 1 heterocycles. The van der Waals surface area contributed by atoms with Crippen LogP contribution in [0.3, 0.4) is 0 Å². The molecule has 118 valence electrons. The smallest absolute Gasteiger partial charge is 0.323 e. The number of nitrogens with zero attached hydrogens (tertiary/aromatic N) is 3. The first-order valence-corrected chi connectivity index (χ1v) is 7.82. The van der Waals surface area contributed by atoms with E-state index in [1.807, 2.05) is 24.1 Å². The van der Waals surface area contributed by atoms with Gasteiger partial charge in [-0.25, -0.2) is 4.98 Å². The van der Waals surface area contributed by atoms with Gasteiger partial charge in [0.1, 0.15) is 5.54 Å². The first-order chi connectivity index (χ1) is 9.73. The predicted molar refractivity (Wildman–Crippen MR) is 83.6 cm³/mol. The third-order valence-electron chi connectivity index (χ3n) is 3.52. The summed E-state index contributed by atoms with van der Waals surface area (Å²) in [4.78, 5) is 30.8. The fourth-order valence-corrected chi connectivity index (χ4v) is 2.94. The molecular weight excluding hydrogens is 290 g/mol. The van der Waals surface area contributed by atoms with Crippen LogP contribution in [0, 0.1) is 0 Å². The van der Waals surface area contributed by atoms with Crippen molar-refractivity contribution in [3.8, 4) is 0 Å². The largest absolute Gasteiger partial charge is 0.480 e. The Morgan fingerprint density at radius 2 is 1.95 bits per heavy atom. The molecule has 0 unspecified atom stereocenters. The summed E-state index contributed by atoms with van der Waals surface area (Å²) < 4.78 is 0. The zero-order valence-electron chi connectivity index (χ0n) is 13.2. The number of aromatic nitrogens is 1. The summed E-state index contributed by atoms with van der Waals surface area (Å²) >= 11 is 1.40. The topological polar surface area (TPSA) is 73.7 Å². The molecule has 0 aliphatic rings. The molecule has 21 heavy (non-hydrogen) atoms. The standard InChI is InChI=1S/C14H23N3O3S/c1-6-16(14(4,5)12(19)20)8-11-9-21-13(15-11)17(7-2)10(3)18/h9H,6-8H2,1-5H3,(H,19,20). The van der Waals surface area contributed by atoms with Crippen molar-refractivity contribution in [2.75, 3.05) is 18.0 Å². The van der Waals surface area contributed by atoms with E-state index in [0.29, 0.717) is 24.8 Å². The number of carboxylic acid groups (broad SMARTS) is 1. The van der Waals surface area contributed by atoms with Crippen LogP contribution in [0.1, 0.15) is 40.3 Å². The normalized spacial score (nSPS) is 11.7. The predicted octanol–water partition coefficient (Wildman–Crippen LogP) is 2.20. The zero-order valence-corrected chi connectivity index (χ0v) is 14.0. The van der Waals surface area contributed by atoms with Crippen molar-refractivity contribution >= 4 is 28.3 Å². The summed E-state index contributed by atoms with van der Waals surface area (Å²) in [5.41, 5.74) is -0.172. The highest BCUT2D eigenvalue weighted by atomic mass is 32.1. The lowest BCUT2D eigenvalue weighted by Crippen LogP contribution is -2.49. The second-order valence-corrected chi connectivity index (χ2v) is 6.10. The Morgan fingerprint density at radius 3 is 2.38 bits per heavy atom. The summed E-state index contributed by atoms with van der Waals surface area (Å²) in [6.45, 7) is 10.3. The van der Waals surface area contributed by atoms with Gasteiger partial charge in [0.15, 0.2) is 5.13 Å². The fourth-order valence-electron chi connectivity index (χ4n) is 2.02. The van der Waals surface area contributed by atoms with Crippen molar-refractivity contribution in [3.63, 3.8) is 0 Å². The molecule has 0 radical (unpaired) electrons. The van der Waals surface area contributed by atoms with Crippen LogP contribution in [0.4, 0.5) is 5.13 Å². The quantitative estimate of drug-likeness (QED) is 0.835. The van der Waals surface area contributed by atoms with Crippen molar-refractivity contribution in [3.05, 3.63) is 11.1 Å². The van der Waals surface area contributed by atoms with E-state index in [1.54, 1.807) is 18.7 Å². The third-order valence-corrected chi connectivity index (χ3v) is 4.43. The van der Waals surface area contributed by atoms with Crippen molar-refractivity contribution < 1.29 is 14.7 Å². The van der Waals surface area contributed by atoms with E-state index in [1.165, 1.54) is 18.3 Å². The molecule has 0 spiro atoms. The van der Waals surface area contributed by atoms with Crippen molar-refractivity contribution in [1.82, 2.24) is 9.88 Å². The Bertz CT molecular complexity index is 513. The Morgan fingerprint density at radius 1 is 1.33 bits per heavy atom. The lowest BCUT2D eigenvalue weighted by Gasteiger charge is -2.33. The first kappa shape index (κ1) is 17.6. The number of amides is 1. The highest BCUT2D eigenvalue weighted by molar-refractivity contribution is 7.14. The number of carbonyl (C=O) groups excluding carboxylic acids is 1. The van der Waals surface area contributed by atoms with Gasteiger partial charge in [0, 0.05) is 25.4 Å². The minimum Gasteiger partial charge on any atom is -0.480 e. The highest BCUT2D eigenvalue weighted by Gasteiger charge is 2.34. The van der Waals surface area contributed by atoms with Gasteiger partial charge < -0.3 is 5.11 Å².